The molecule has 0 unspecified atom stereocenters. The van der Waals surface area contributed by atoms with Gasteiger partial charge in [-0.3, -0.25) is 4.79 Å². The van der Waals surface area contributed by atoms with Crippen molar-refractivity contribution in [3.63, 3.8) is 0 Å². The molecule has 1 aromatic heterocycles. The summed E-state index contributed by atoms with van der Waals surface area (Å²) in [6.45, 7) is 2.32. The van der Waals surface area contributed by atoms with Crippen LogP contribution in [0.15, 0.2) is 15.9 Å². The van der Waals surface area contributed by atoms with Crippen LogP contribution in [0.1, 0.15) is 4.88 Å². The molecule has 96 valence electrons. The van der Waals surface area contributed by atoms with Crippen molar-refractivity contribution in [3.05, 3.63) is 20.8 Å². The number of ether oxygens (including phenoxy) is 1. The average Bonchev–Trinajstić information content (AvgIpc) is 2.70. The van der Waals surface area contributed by atoms with Gasteiger partial charge in [-0.2, -0.15) is 0 Å². The summed E-state index contributed by atoms with van der Waals surface area (Å²) in [4.78, 5) is 14.6. The van der Waals surface area contributed by atoms with Crippen LogP contribution in [0.3, 0.4) is 0 Å². The molecule has 0 bridgehead atoms. The number of hydrogen-bond donors (Lipinski definition) is 1. The Hall–Kier alpha value is -0.430. The summed E-state index contributed by atoms with van der Waals surface area (Å²) in [7, 11) is 3.46. The molecule has 0 saturated heterocycles. The van der Waals surface area contributed by atoms with E-state index in [-0.39, 0.29) is 5.91 Å². The van der Waals surface area contributed by atoms with Crippen LogP contribution in [0.2, 0.25) is 0 Å². The molecule has 0 aliphatic rings. The van der Waals surface area contributed by atoms with E-state index in [9.17, 15) is 4.79 Å². The molecule has 0 radical (unpaired) electrons. The van der Waals surface area contributed by atoms with Crippen LogP contribution in [0.5, 0.6) is 0 Å². The lowest BCUT2D eigenvalue weighted by atomic mass is 10.4. The van der Waals surface area contributed by atoms with Crippen LogP contribution in [0.4, 0.5) is 0 Å². The summed E-state index contributed by atoms with van der Waals surface area (Å²) in [6, 6.07) is 2.03. The Labute approximate surface area is 114 Å². The summed E-state index contributed by atoms with van der Waals surface area (Å²) >= 11 is 5.05. The molecule has 1 heterocycles. The molecular formula is C11H17BrN2O2S. The van der Waals surface area contributed by atoms with Crippen molar-refractivity contribution in [2.75, 3.05) is 33.9 Å². The first kappa shape index (κ1) is 14.6. The van der Waals surface area contributed by atoms with Crippen molar-refractivity contribution in [2.45, 2.75) is 6.54 Å². The van der Waals surface area contributed by atoms with Gasteiger partial charge in [0.2, 0.25) is 5.91 Å². The molecule has 0 fully saturated rings. The third kappa shape index (κ3) is 5.63. The fraction of sp³-hybridized carbons (Fsp3) is 0.545. The highest BCUT2D eigenvalue weighted by Crippen LogP contribution is 2.20. The normalized spacial score (nSPS) is 10.5. The monoisotopic (exact) mass is 320 g/mol. The molecule has 0 atom stereocenters. The number of hydrogen-bond acceptors (Lipinski definition) is 4. The van der Waals surface area contributed by atoms with E-state index in [1.165, 1.54) is 4.88 Å². The first-order chi connectivity index (χ1) is 8.13. The van der Waals surface area contributed by atoms with Gasteiger partial charge in [0, 0.05) is 35.4 Å². The number of nitrogens with one attached hydrogen (secondary N) is 1. The number of carbonyl (C=O) groups excluding carboxylic acids is 1. The summed E-state index contributed by atoms with van der Waals surface area (Å²) in [5.74, 6) is 0.0885. The molecule has 6 heteroatoms. The minimum absolute atomic E-state index is 0.0885. The summed E-state index contributed by atoms with van der Waals surface area (Å²) in [6.07, 6.45) is 0. The minimum atomic E-state index is 0.0885. The summed E-state index contributed by atoms with van der Waals surface area (Å²) < 4.78 is 5.96. The summed E-state index contributed by atoms with van der Waals surface area (Å²) in [5, 5.41) is 5.05. The molecule has 4 nitrogen and oxygen atoms in total. The second-order valence-electron chi connectivity index (χ2n) is 3.65. The highest BCUT2D eigenvalue weighted by molar-refractivity contribution is 9.10. The Balaban J connectivity index is 2.27. The molecule has 0 aliphatic carbocycles. The third-order valence-electron chi connectivity index (χ3n) is 2.20. The second-order valence-corrected chi connectivity index (χ2v) is 5.56. The molecule has 0 aromatic carbocycles. The van der Waals surface area contributed by atoms with Crippen LogP contribution in [0, 0.1) is 0 Å². The maximum absolute atomic E-state index is 11.7. The first-order valence-corrected chi connectivity index (χ1v) is 6.97. The fourth-order valence-electron chi connectivity index (χ4n) is 1.26. The Kier molecular flexibility index (Phi) is 6.72. The number of amides is 1. The van der Waals surface area contributed by atoms with Crippen molar-refractivity contribution in [1.82, 2.24) is 10.2 Å². The van der Waals surface area contributed by atoms with E-state index in [1.807, 2.05) is 18.5 Å². The van der Waals surface area contributed by atoms with Crippen molar-refractivity contribution in [3.8, 4) is 0 Å². The number of carbonyl (C=O) groups is 1. The molecule has 0 spiro atoms. The average molecular weight is 321 g/mol. The van der Waals surface area contributed by atoms with Crippen molar-refractivity contribution in [2.24, 2.45) is 0 Å². The van der Waals surface area contributed by atoms with E-state index in [4.69, 9.17) is 4.74 Å². The topological polar surface area (TPSA) is 41.6 Å². The first-order valence-electron chi connectivity index (χ1n) is 5.30. The Morgan fingerprint density at radius 1 is 1.65 bits per heavy atom. The van der Waals surface area contributed by atoms with E-state index in [2.05, 4.69) is 21.2 Å². The van der Waals surface area contributed by atoms with Crippen LogP contribution >= 0.6 is 27.3 Å². The van der Waals surface area contributed by atoms with E-state index in [0.717, 1.165) is 4.47 Å². The van der Waals surface area contributed by atoms with Gasteiger partial charge in [-0.15, -0.1) is 11.3 Å². The summed E-state index contributed by atoms with van der Waals surface area (Å²) in [5.41, 5.74) is 0. The van der Waals surface area contributed by atoms with Gasteiger partial charge in [-0.1, -0.05) is 0 Å². The molecular weight excluding hydrogens is 304 g/mol. The van der Waals surface area contributed by atoms with Crippen LogP contribution < -0.4 is 5.32 Å². The van der Waals surface area contributed by atoms with Crippen molar-refractivity contribution in [1.29, 1.82) is 0 Å². The number of nitrogens with zero attached hydrogens (tertiary/aromatic N) is 1. The second kappa shape index (κ2) is 7.81. The van der Waals surface area contributed by atoms with Crippen molar-refractivity contribution < 1.29 is 9.53 Å². The predicted molar refractivity (Wildman–Crippen MR) is 73.2 cm³/mol. The van der Waals surface area contributed by atoms with Crippen LogP contribution in [-0.2, 0) is 16.1 Å². The molecule has 1 aromatic rings. The van der Waals surface area contributed by atoms with Crippen LogP contribution in [-0.4, -0.2) is 44.7 Å². The molecule has 17 heavy (non-hydrogen) atoms. The zero-order valence-electron chi connectivity index (χ0n) is 10.0. The van der Waals surface area contributed by atoms with Crippen LogP contribution in [0.25, 0.3) is 0 Å². The Bertz CT molecular complexity index is 357. The maximum Gasteiger partial charge on any atom is 0.236 e. The minimum Gasteiger partial charge on any atom is -0.383 e. The van der Waals surface area contributed by atoms with E-state index in [0.29, 0.717) is 26.2 Å². The SMILES string of the molecule is COCCNCC(=O)N(C)Cc1cc(Br)cs1. The van der Waals surface area contributed by atoms with Gasteiger partial charge in [0.1, 0.15) is 0 Å². The zero-order valence-corrected chi connectivity index (χ0v) is 12.4. The predicted octanol–water partition coefficient (Wildman–Crippen LogP) is 1.71. The number of rotatable bonds is 7. The smallest absolute Gasteiger partial charge is 0.236 e. The van der Waals surface area contributed by atoms with E-state index in [1.54, 1.807) is 23.3 Å². The van der Waals surface area contributed by atoms with Gasteiger partial charge in [0.25, 0.3) is 0 Å². The number of halogens is 1. The number of thiophene rings is 1. The quantitative estimate of drug-likeness (QED) is 0.778. The molecule has 1 rings (SSSR count). The van der Waals surface area contributed by atoms with E-state index >= 15 is 0 Å². The van der Waals surface area contributed by atoms with Gasteiger partial charge in [0.05, 0.1) is 19.7 Å². The molecule has 1 amide bonds. The largest absolute Gasteiger partial charge is 0.383 e. The lowest BCUT2D eigenvalue weighted by molar-refractivity contribution is -0.129. The van der Waals surface area contributed by atoms with Gasteiger partial charge in [0.15, 0.2) is 0 Å². The van der Waals surface area contributed by atoms with Gasteiger partial charge in [-0.05, 0) is 22.0 Å². The third-order valence-corrected chi connectivity index (χ3v) is 3.88. The maximum atomic E-state index is 11.7. The number of methoxy groups -OCH3 is 1. The fourth-order valence-corrected chi connectivity index (χ4v) is 2.77. The molecule has 0 aliphatic heterocycles. The Morgan fingerprint density at radius 3 is 3.00 bits per heavy atom. The van der Waals surface area contributed by atoms with Gasteiger partial charge >= 0.3 is 0 Å². The Morgan fingerprint density at radius 2 is 2.41 bits per heavy atom. The molecule has 1 N–H and O–H groups in total. The highest BCUT2D eigenvalue weighted by atomic mass is 79.9. The lowest BCUT2D eigenvalue weighted by Crippen LogP contribution is -2.36. The van der Waals surface area contributed by atoms with Gasteiger partial charge in [-0.25, -0.2) is 0 Å². The van der Waals surface area contributed by atoms with E-state index < -0.39 is 0 Å². The molecule has 0 saturated carbocycles. The van der Waals surface area contributed by atoms with Crippen molar-refractivity contribution >= 4 is 33.2 Å². The number of likely N-dealkylation sites (N-methyl/N-ethyl adjacent to an activating group) is 1. The lowest BCUT2D eigenvalue weighted by Gasteiger charge is -2.16. The standard InChI is InChI=1S/C11H17BrN2O2S/c1-14(7-10-5-9(12)8-17-10)11(15)6-13-3-4-16-2/h5,8,13H,3-4,6-7H2,1-2H3. The highest BCUT2D eigenvalue weighted by Gasteiger charge is 2.09. The van der Waals surface area contributed by atoms with Gasteiger partial charge < -0.3 is 15.0 Å². The zero-order chi connectivity index (χ0) is 12.7.